The van der Waals surface area contributed by atoms with Gasteiger partial charge in [0.1, 0.15) is 5.01 Å². The molecule has 8 nitrogen and oxygen atoms in total. The van der Waals surface area contributed by atoms with Crippen LogP contribution in [0.25, 0.3) is 0 Å². The number of hydrogen-bond donors (Lipinski definition) is 1. The SMILES string of the molecule is CN(C)CCc1nnc(NC(=O)c2ccc(C(=O)N3CCOCC3)cc2)s1. The molecule has 3 rings (SSSR count). The summed E-state index contributed by atoms with van der Waals surface area (Å²) >= 11 is 1.37. The van der Waals surface area contributed by atoms with Crippen molar-refractivity contribution >= 4 is 28.3 Å². The van der Waals surface area contributed by atoms with Crippen molar-refractivity contribution in [3.05, 3.63) is 40.4 Å². The van der Waals surface area contributed by atoms with Crippen LogP contribution >= 0.6 is 11.3 Å². The van der Waals surface area contributed by atoms with E-state index in [9.17, 15) is 9.59 Å². The van der Waals surface area contributed by atoms with Crippen LogP contribution in [0.5, 0.6) is 0 Å². The van der Waals surface area contributed by atoms with E-state index in [0.717, 1.165) is 18.0 Å². The smallest absolute Gasteiger partial charge is 0.257 e. The van der Waals surface area contributed by atoms with Crippen LogP contribution in [0, 0.1) is 0 Å². The standard InChI is InChI=1S/C18H23N5O3S/c1-22(2)8-7-15-20-21-18(27-15)19-16(24)13-3-5-14(6-4-13)17(25)23-9-11-26-12-10-23/h3-6H,7-12H2,1-2H3,(H,19,21,24). The molecule has 0 radical (unpaired) electrons. The third-order valence-electron chi connectivity index (χ3n) is 4.15. The number of carbonyl (C=O) groups is 2. The Morgan fingerprint density at radius 3 is 2.48 bits per heavy atom. The van der Waals surface area contributed by atoms with E-state index in [2.05, 4.69) is 20.4 Å². The molecule has 1 aromatic carbocycles. The number of anilines is 1. The van der Waals surface area contributed by atoms with E-state index in [1.807, 2.05) is 14.1 Å². The number of carbonyl (C=O) groups excluding carboxylic acids is 2. The summed E-state index contributed by atoms with van der Waals surface area (Å²) in [7, 11) is 3.99. The highest BCUT2D eigenvalue weighted by molar-refractivity contribution is 7.15. The molecule has 0 saturated carbocycles. The summed E-state index contributed by atoms with van der Waals surface area (Å²) in [5, 5.41) is 12.2. The van der Waals surface area contributed by atoms with Gasteiger partial charge in [-0.2, -0.15) is 0 Å². The van der Waals surface area contributed by atoms with Crippen molar-refractivity contribution in [3.63, 3.8) is 0 Å². The van der Waals surface area contributed by atoms with Crippen LogP contribution in [0.15, 0.2) is 24.3 Å². The predicted molar refractivity (Wildman–Crippen MR) is 103 cm³/mol. The minimum Gasteiger partial charge on any atom is -0.378 e. The van der Waals surface area contributed by atoms with Gasteiger partial charge in [0.2, 0.25) is 5.13 Å². The number of aromatic nitrogens is 2. The molecule has 0 bridgehead atoms. The van der Waals surface area contributed by atoms with Crippen LogP contribution < -0.4 is 5.32 Å². The second kappa shape index (κ2) is 9.03. The van der Waals surface area contributed by atoms with Gasteiger partial charge in [0, 0.05) is 37.2 Å². The summed E-state index contributed by atoms with van der Waals surface area (Å²) in [5.74, 6) is -0.310. The predicted octanol–water partition coefficient (Wildman–Crippen LogP) is 1.37. The fourth-order valence-corrected chi connectivity index (χ4v) is 3.33. The van der Waals surface area contributed by atoms with E-state index < -0.39 is 0 Å². The van der Waals surface area contributed by atoms with E-state index >= 15 is 0 Å². The Kier molecular flexibility index (Phi) is 6.49. The first-order chi connectivity index (χ1) is 13.0. The lowest BCUT2D eigenvalue weighted by molar-refractivity contribution is 0.0303. The van der Waals surface area contributed by atoms with Crippen LogP contribution in [-0.4, -0.2) is 78.8 Å². The van der Waals surface area contributed by atoms with Gasteiger partial charge in [-0.1, -0.05) is 11.3 Å². The summed E-state index contributed by atoms with van der Waals surface area (Å²) in [6.07, 6.45) is 0.791. The fraction of sp³-hybridized carbons (Fsp3) is 0.444. The zero-order valence-electron chi connectivity index (χ0n) is 15.5. The zero-order chi connectivity index (χ0) is 19.2. The van der Waals surface area contributed by atoms with E-state index in [0.29, 0.717) is 42.6 Å². The molecular formula is C18H23N5O3S. The Labute approximate surface area is 162 Å². The van der Waals surface area contributed by atoms with E-state index in [1.54, 1.807) is 29.2 Å². The summed E-state index contributed by atoms with van der Waals surface area (Å²) < 4.78 is 5.26. The second-order valence-electron chi connectivity index (χ2n) is 6.49. The summed E-state index contributed by atoms with van der Waals surface area (Å²) in [6, 6.07) is 6.65. The molecule has 1 fully saturated rings. The third kappa shape index (κ3) is 5.31. The molecule has 1 aromatic heterocycles. The fourth-order valence-electron chi connectivity index (χ4n) is 2.61. The van der Waals surface area contributed by atoms with Gasteiger partial charge in [0.15, 0.2) is 0 Å². The molecule has 2 aromatic rings. The van der Waals surface area contributed by atoms with Crippen molar-refractivity contribution in [1.29, 1.82) is 0 Å². The highest BCUT2D eigenvalue weighted by Crippen LogP contribution is 2.17. The molecule has 0 aliphatic carbocycles. The van der Waals surface area contributed by atoms with Crippen molar-refractivity contribution in [2.24, 2.45) is 0 Å². The topological polar surface area (TPSA) is 87.7 Å². The highest BCUT2D eigenvalue weighted by atomic mass is 32.1. The van der Waals surface area contributed by atoms with Gasteiger partial charge in [0.25, 0.3) is 11.8 Å². The Bertz CT molecular complexity index is 785. The van der Waals surface area contributed by atoms with E-state index in [1.165, 1.54) is 11.3 Å². The lowest BCUT2D eigenvalue weighted by Crippen LogP contribution is -2.40. The molecule has 2 amide bonds. The molecule has 1 saturated heterocycles. The lowest BCUT2D eigenvalue weighted by Gasteiger charge is -2.26. The van der Waals surface area contributed by atoms with Gasteiger partial charge in [0.05, 0.1) is 13.2 Å². The van der Waals surface area contributed by atoms with Crippen LogP contribution in [-0.2, 0) is 11.2 Å². The average molecular weight is 389 g/mol. The maximum absolute atomic E-state index is 12.4. The van der Waals surface area contributed by atoms with Crippen molar-refractivity contribution in [1.82, 2.24) is 20.0 Å². The van der Waals surface area contributed by atoms with Gasteiger partial charge in [-0.25, -0.2) is 0 Å². The first kappa shape index (κ1) is 19.4. The van der Waals surface area contributed by atoms with Gasteiger partial charge < -0.3 is 14.5 Å². The molecule has 0 atom stereocenters. The summed E-state index contributed by atoms with van der Waals surface area (Å²) in [6.45, 7) is 3.18. The lowest BCUT2D eigenvalue weighted by atomic mass is 10.1. The molecule has 27 heavy (non-hydrogen) atoms. The first-order valence-corrected chi connectivity index (χ1v) is 9.60. The number of morpholine rings is 1. The first-order valence-electron chi connectivity index (χ1n) is 8.78. The number of likely N-dealkylation sites (N-methyl/N-ethyl adjacent to an activating group) is 1. The normalized spacial score (nSPS) is 14.4. The number of hydrogen-bond acceptors (Lipinski definition) is 7. The third-order valence-corrected chi connectivity index (χ3v) is 5.05. The number of nitrogens with one attached hydrogen (secondary N) is 1. The quantitative estimate of drug-likeness (QED) is 0.803. The number of nitrogens with zero attached hydrogens (tertiary/aromatic N) is 4. The highest BCUT2D eigenvalue weighted by Gasteiger charge is 2.19. The maximum atomic E-state index is 12.4. The zero-order valence-corrected chi connectivity index (χ0v) is 16.3. The van der Waals surface area contributed by atoms with Crippen LogP contribution in [0.1, 0.15) is 25.7 Å². The van der Waals surface area contributed by atoms with Gasteiger partial charge in [-0.15, -0.1) is 10.2 Å². The van der Waals surface area contributed by atoms with Crippen molar-refractivity contribution < 1.29 is 14.3 Å². The van der Waals surface area contributed by atoms with Crippen molar-refractivity contribution in [3.8, 4) is 0 Å². The molecule has 1 N–H and O–H groups in total. The molecule has 0 unspecified atom stereocenters. The van der Waals surface area contributed by atoms with Crippen molar-refractivity contribution in [2.45, 2.75) is 6.42 Å². The average Bonchev–Trinajstić information content (AvgIpc) is 3.14. The molecule has 2 heterocycles. The molecule has 0 spiro atoms. The second-order valence-corrected chi connectivity index (χ2v) is 7.55. The monoisotopic (exact) mass is 389 g/mol. The Morgan fingerprint density at radius 1 is 1.15 bits per heavy atom. The molecule has 1 aliphatic heterocycles. The number of amides is 2. The maximum Gasteiger partial charge on any atom is 0.257 e. The number of benzene rings is 1. The number of rotatable bonds is 6. The van der Waals surface area contributed by atoms with Gasteiger partial charge in [-0.3, -0.25) is 14.9 Å². The van der Waals surface area contributed by atoms with Crippen LogP contribution in [0.3, 0.4) is 0 Å². The Hall–Kier alpha value is -2.36. The van der Waals surface area contributed by atoms with Crippen LogP contribution in [0.4, 0.5) is 5.13 Å². The van der Waals surface area contributed by atoms with Crippen molar-refractivity contribution in [2.75, 3.05) is 52.3 Å². The molecule has 144 valence electrons. The molecular weight excluding hydrogens is 366 g/mol. The Balaban J connectivity index is 1.58. The summed E-state index contributed by atoms with van der Waals surface area (Å²) in [4.78, 5) is 28.6. The largest absolute Gasteiger partial charge is 0.378 e. The Morgan fingerprint density at radius 2 is 1.81 bits per heavy atom. The van der Waals surface area contributed by atoms with Gasteiger partial charge >= 0.3 is 0 Å². The van der Waals surface area contributed by atoms with Crippen LogP contribution in [0.2, 0.25) is 0 Å². The number of ether oxygens (including phenoxy) is 1. The molecule has 9 heteroatoms. The minimum atomic E-state index is -0.268. The minimum absolute atomic E-state index is 0.0417. The van der Waals surface area contributed by atoms with Gasteiger partial charge in [-0.05, 0) is 38.4 Å². The van der Waals surface area contributed by atoms with E-state index in [-0.39, 0.29) is 11.8 Å². The van der Waals surface area contributed by atoms with E-state index in [4.69, 9.17) is 4.74 Å². The molecule has 1 aliphatic rings. The summed E-state index contributed by atoms with van der Waals surface area (Å²) in [5.41, 5.74) is 1.04.